The highest BCUT2D eigenvalue weighted by Gasteiger charge is 2.43. The number of carbonyl (C=O) groups is 2. The Morgan fingerprint density at radius 3 is 2.63 bits per heavy atom. The molecule has 208 valence electrons. The van der Waals surface area contributed by atoms with Crippen molar-refractivity contribution in [1.29, 1.82) is 0 Å². The number of hydrogen-bond acceptors (Lipinski definition) is 8. The third-order valence-corrected chi connectivity index (χ3v) is 8.62. The second-order valence-electron chi connectivity index (χ2n) is 10.3. The fourth-order valence-corrected chi connectivity index (χ4v) is 6.52. The highest BCUT2D eigenvalue weighted by molar-refractivity contribution is 7.10. The minimum Gasteiger partial charge on any atom is -0.490 e. The van der Waals surface area contributed by atoms with E-state index in [1.807, 2.05) is 60.8 Å². The number of nitrogens with one attached hydrogen (secondary N) is 1. The van der Waals surface area contributed by atoms with Gasteiger partial charge in [0.2, 0.25) is 0 Å². The lowest BCUT2D eigenvalue weighted by atomic mass is 9.73. The van der Waals surface area contributed by atoms with Gasteiger partial charge in [-0.3, -0.25) is 9.59 Å². The van der Waals surface area contributed by atoms with Crippen LogP contribution in [0.5, 0.6) is 5.75 Å². The van der Waals surface area contributed by atoms with Gasteiger partial charge in [-0.1, -0.05) is 35.9 Å². The average Bonchev–Trinajstić information content (AvgIpc) is 3.51. The van der Waals surface area contributed by atoms with E-state index in [1.54, 1.807) is 30.4 Å². The van der Waals surface area contributed by atoms with Crippen LogP contribution in [0.1, 0.15) is 47.6 Å². The second kappa shape index (κ2) is 11.2. The van der Waals surface area contributed by atoms with E-state index >= 15 is 0 Å². The molecule has 7 nitrogen and oxygen atoms in total. The number of thiophene rings is 1. The van der Waals surface area contributed by atoms with Crippen LogP contribution in [0.3, 0.4) is 0 Å². The lowest BCUT2D eigenvalue weighted by molar-refractivity contribution is -0.140. The largest absolute Gasteiger partial charge is 0.490 e. The maximum Gasteiger partial charge on any atom is 0.336 e. The number of dihydropyridines is 1. The van der Waals surface area contributed by atoms with Gasteiger partial charge in [0.05, 0.1) is 23.1 Å². The Kier molecular flexibility index (Phi) is 7.32. The van der Waals surface area contributed by atoms with Crippen LogP contribution in [-0.4, -0.2) is 25.0 Å². The molecule has 2 aliphatic rings. The van der Waals surface area contributed by atoms with Crippen LogP contribution in [0, 0.1) is 6.92 Å². The number of hydrogen-bond donors (Lipinski definition) is 1. The van der Waals surface area contributed by atoms with Crippen LogP contribution >= 0.6 is 11.3 Å². The highest BCUT2D eigenvalue weighted by atomic mass is 32.1. The number of benzene rings is 2. The molecule has 8 heteroatoms. The topological polar surface area (TPSA) is 94.8 Å². The van der Waals surface area contributed by atoms with Gasteiger partial charge in [0.25, 0.3) is 0 Å². The summed E-state index contributed by atoms with van der Waals surface area (Å²) < 4.78 is 17.2. The first-order valence-corrected chi connectivity index (χ1v) is 14.4. The molecule has 0 unspecified atom stereocenters. The predicted molar refractivity (Wildman–Crippen MR) is 157 cm³/mol. The number of allylic oxidation sites excluding steroid dienone is 3. The first kappa shape index (κ1) is 26.8. The summed E-state index contributed by atoms with van der Waals surface area (Å²) in [6.07, 6.45) is 2.28. The van der Waals surface area contributed by atoms with Gasteiger partial charge in [-0.2, -0.15) is 0 Å². The van der Waals surface area contributed by atoms with Crippen molar-refractivity contribution in [3.05, 3.63) is 121 Å². The monoisotopic (exact) mass is 567 g/mol. The summed E-state index contributed by atoms with van der Waals surface area (Å²) in [5.41, 5.74) is 3.26. The molecule has 41 heavy (non-hydrogen) atoms. The fourth-order valence-electron chi connectivity index (χ4n) is 5.69. The van der Waals surface area contributed by atoms with Crippen molar-refractivity contribution in [1.82, 2.24) is 5.32 Å². The number of para-hydroxylation sites is 1. The van der Waals surface area contributed by atoms with Crippen LogP contribution in [0.15, 0.2) is 104 Å². The molecule has 0 bridgehead atoms. The maximum atomic E-state index is 13.9. The number of carbonyl (C=O) groups excluding carboxylic acids is 2. The summed E-state index contributed by atoms with van der Waals surface area (Å²) in [4.78, 5) is 42.5. The van der Waals surface area contributed by atoms with E-state index in [0.717, 1.165) is 16.1 Å². The van der Waals surface area contributed by atoms with E-state index in [1.165, 1.54) is 6.26 Å². The van der Waals surface area contributed by atoms with E-state index < -0.39 is 11.9 Å². The summed E-state index contributed by atoms with van der Waals surface area (Å²) in [7, 11) is 0. The molecule has 0 saturated carbocycles. The van der Waals surface area contributed by atoms with Crippen molar-refractivity contribution < 1.29 is 23.5 Å². The summed E-state index contributed by atoms with van der Waals surface area (Å²) in [6.45, 7) is 3.84. The van der Waals surface area contributed by atoms with Gasteiger partial charge < -0.3 is 19.2 Å². The molecule has 2 atom stereocenters. The van der Waals surface area contributed by atoms with Gasteiger partial charge in [-0.25, -0.2) is 4.79 Å². The molecule has 0 amide bonds. The average molecular weight is 568 g/mol. The Bertz CT molecular complexity index is 1750. The SMILES string of the molecule is CC1=C(C(=O)OCCOc2ccccc2)[C@H](c2coc3ccc(C)cc3c2=O)C2=C(C[C@@H](c3cccs3)CC2=O)N1. The quantitative estimate of drug-likeness (QED) is 0.212. The molecule has 2 aromatic heterocycles. The molecule has 0 radical (unpaired) electrons. The van der Waals surface area contributed by atoms with Crippen molar-refractivity contribution in [2.24, 2.45) is 0 Å². The molecule has 1 N–H and O–H groups in total. The Morgan fingerprint density at radius 1 is 1.02 bits per heavy atom. The van der Waals surface area contributed by atoms with Gasteiger partial charge in [0.1, 0.15) is 24.5 Å². The van der Waals surface area contributed by atoms with Crippen molar-refractivity contribution in [3.63, 3.8) is 0 Å². The fraction of sp³-hybridized carbons (Fsp3) is 0.242. The molecular weight excluding hydrogens is 538 g/mol. The van der Waals surface area contributed by atoms with Crippen LogP contribution in [-0.2, 0) is 14.3 Å². The molecule has 0 spiro atoms. The third kappa shape index (κ3) is 5.23. The molecule has 3 heterocycles. The van der Waals surface area contributed by atoms with Gasteiger partial charge >= 0.3 is 5.97 Å². The lowest BCUT2D eigenvalue weighted by Crippen LogP contribution is -2.37. The van der Waals surface area contributed by atoms with E-state index in [-0.39, 0.29) is 41.5 Å². The molecule has 4 aromatic rings. The molecule has 0 fully saturated rings. The normalized spacial score (nSPS) is 18.7. The van der Waals surface area contributed by atoms with Crippen molar-refractivity contribution in [3.8, 4) is 5.75 Å². The molecule has 2 aromatic carbocycles. The second-order valence-corrected chi connectivity index (χ2v) is 11.3. The molecule has 1 aliphatic heterocycles. The molecule has 1 aliphatic carbocycles. The minimum atomic E-state index is -0.910. The van der Waals surface area contributed by atoms with Crippen LogP contribution in [0.25, 0.3) is 11.0 Å². The summed E-state index contributed by atoms with van der Waals surface area (Å²) in [5.74, 6) is -0.924. The maximum absolute atomic E-state index is 13.9. The molecule has 6 rings (SSSR count). The Morgan fingerprint density at radius 2 is 1.85 bits per heavy atom. The lowest BCUT2D eigenvalue weighted by Gasteiger charge is -2.36. The number of aryl methyl sites for hydroxylation is 1. The minimum absolute atomic E-state index is 0.00303. The standard InChI is InChI=1S/C33H29NO6S/c1-19-10-11-27-23(15-19)32(36)24(18-40-27)30-29(33(37)39-13-12-38-22-7-4-3-5-8-22)20(2)34-25-16-21(17-26(35)31(25)30)28-9-6-14-41-28/h3-11,14-15,18,21,30,34H,12-13,16-17H2,1-2H3/t21-,30+/m1/s1. The predicted octanol–water partition coefficient (Wildman–Crippen LogP) is 6.15. The van der Waals surface area contributed by atoms with Crippen LogP contribution in [0.4, 0.5) is 0 Å². The zero-order valence-electron chi connectivity index (χ0n) is 22.8. The molecular formula is C33H29NO6S. The summed E-state index contributed by atoms with van der Waals surface area (Å²) in [5, 5.41) is 5.74. The van der Waals surface area contributed by atoms with Crippen molar-refractivity contribution in [2.45, 2.75) is 38.5 Å². The summed E-state index contributed by atoms with van der Waals surface area (Å²) in [6, 6.07) is 18.7. The van der Waals surface area contributed by atoms with Gasteiger partial charge in [-0.15, -0.1) is 11.3 Å². The Hall–Kier alpha value is -4.43. The number of Topliss-reactive ketones (excluding diaryl/α,β-unsaturated/α-hetero) is 1. The summed E-state index contributed by atoms with van der Waals surface area (Å²) >= 11 is 1.62. The van der Waals surface area contributed by atoms with Gasteiger partial charge in [0.15, 0.2) is 11.2 Å². The number of fused-ring (bicyclic) bond motifs is 1. The van der Waals surface area contributed by atoms with E-state index in [2.05, 4.69) is 5.32 Å². The van der Waals surface area contributed by atoms with E-state index in [0.29, 0.717) is 40.8 Å². The van der Waals surface area contributed by atoms with Crippen LogP contribution < -0.4 is 15.5 Å². The van der Waals surface area contributed by atoms with Crippen molar-refractivity contribution >= 4 is 34.1 Å². The van der Waals surface area contributed by atoms with Gasteiger partial charge in [0, 0.05) is 39.7 Å². The number of esters is 1. The van der Waals surface area contributed by atoms with Gasteiger partial charge in [-0.05, 0) is 56.0 Å². The molecule has 0 saturated heterocycles. The highest BCUT2D eigenvalue weighted by Crippen LogP contribution is 2.46. The Balaban J connectivity index is 1.37. The zero-order chi connectivity index (χ0) is 28.5. The first-order valence-electron chi connectivity index (χ1n) is 13.5. The van der Waals surface area contributed by atoms with Crippen molar-refractivity contribution in [2.75, 3.05) is 13.2 Å². The third-order valence-electron chi connectivity index (χ3n) is 7.59. The number of ketones is 1. The number of ether oxygens (including phenoxy) is 2. The number of rotatable bonds is 7. The Labute approximate surface area is 241 Å². The smallest absolute Gasteiger partial charge is 0.336 e. The first-order chi connectivity index (χ1) is 19.9. The zero-order valence-corrected chi connectivity index (χ0v) is 23.6. The van der Waals surface area contributed by atoms with Crippen LogP contribution in [0.2, 0.25) is 0 Å². The van der Waals surface area contributed by atoms with E-state index in [4.69, 9.17) is 13.9 Å². The van der Waals surface area contributed by atoms with E-state index in [9.17, 15) is 14.4 Å².